The Hall–Kier alpha value is -2.09. The van der Waals surface area contributed by atoms with Gasteiger partial charge in [0, 0.05) is 38.8 Å². The van der Waals surface area contributed by atoms with Gasteiger partial charge in [0.25, 0.3) is 0 Å². The van der Waals surface area contributed by atoms with Crippen molar-refractivity contribution >= 4 is 10.0 Å². The van der Waals surface area contributed by atoms with Gasteiger partial charge in [-0.3, -0.25) is 0 Å². The van der Waals surface area contributed by atoms with Crippen LogP contribution in [0.2, 0.25) is 0 Å². The number of ether oxygens (including phenoxy) is 2. The minimum Gasteiger partial charge on any atom is -0.490 e. The highest BCUT2D eigenvalue weighted by molar-refractivity contribution is 7.89. The maximum atomic E-state index is 13.1. The van der Waals surface area contributed by atoms with E-state index in [-0.39, 0.29) is 4.90 Å². The van der Waals surface area contributed by atoms with E-state index in [0.29, 0.717) is 37.8 Å². The molecule has 0 saturated carbocycles. The average Bonchev–Trinajstić information content (AvgIpc) is 2.75. The molecule has 2 aromatic rings. The fraction of sp³-hybridized carbons (Fsp3) is 0.455. The topological polar surface area (TPSA) is 59.1 Å². The summed E-state index contributed by atoms with van der Waals surface area (Å²) in [6.07, 6.45) is 0.976. The largest absolute Gasteiger partial charge is 0.490 e. The summed E-state index contributed by atoms with van der Waals surface area (Å²) in [6.45, 7) is 8.10. The van der Waals surface area contributed by atoms with Gasteiger partial charge < -0.3 is 14.4 Å². The summed E-state index contributed by atoms with van der Waals surface area (Å²) in [5, 5.41) is 0. The van der Waals surface area contributed by atoms with E-state index in [9.17, 15) is 8.42 Å². The summed E-state index contributed by atoms with van der Waals surface area (Å²) in [5.41, 5.74) is 1.31. The van der Waals surface area contributed by atoms with E-state index in [0.717, 1.165) is 26.1 Å². The number of hydrogen-bond acceptors (Lipinski definition) is 5. The Kier molecular flexibility index (Phi) is 7.52. The first-order valence-corrected chi connectivity index (χ1v) is 11.6. The Morgan fingerprint density at radius 3 is 2.17 bits per heavy atom. The van der Waals surface area contributed by atoms with Crippen LogP contribution in [0.1, 0.15) is 19.4 Å². The van der Waals surface area contributed by atoms with Gasteiger partial charge in [-0.2, -0.15) is 4.31 Å². The summed E-state index contributed by atoms with van der Waals surface area (Å²) in [4.78, 5) is 2.57. The van der Waals surface area contributed by atoms with Crippen molar-refractivity contribution in [2.75, 3.05) is 45.9 Å². The highest BCUT2D eigenvalue weighted by Crippen LogP contribution is 2.31. The quantitative estimate of drug-likeness (QED) is 0.627. The van der Waals surface area contributed by atoms with E-state index in [4.69, 9.17) is 9.47 Å². The lowest BCUT2D eigenvalue weighted by molar-refractivity contribution is 0.190. The summed E-state index contributed by atoms with van der Waals surface area (Å²) < 4.78 is 38.9. The monoisotopic (exact) mass is 418 g/mol. The zero-order valence-electron chi connectivity index (χ0n) is 17.2. The molecule has 0 spiro atoms. The fourth-order valence-electron chi connectivity index (χ4n) is 3.47. The Labute approximate surface area is 174 Å². The van der Waals surface area contributed by atoms with Gasteiger partial charge in [-0.25, -0.2) is 8.42 Å². The van der Waals surface area contributed by atoms with Gasteiger partial charge in [0.1, 0.15) is 0 Å². The van der Waals surface area contributed by atoms with Crippen molar-refractivity contribution < 1.29 is 17.9 Å². The van der Waals surface area contributed by atoms with E-state index >= 15 is 0 Å². The number of sulfonamides is 1. The van der Waals surface area contributed by atoms with E-state index in [1.54, 1.807) is 22.5 Å². The van der Waals surface area contributed by atoms with Crippen molar-refractivity contribution in [3.05, 3.63) is 54.1 Å². The third-order valence-electron chi connectivity index (χ3n) is 5.04. The van der Waals surface area contributed by atoms with E-state index in [2.05, 4.69) is 17.0 Å². The van der Waals surface area contributed by atoms with Gasteiger partial charge >= 0.3 is 0 Å². The van der Waals surface area contributed by atoms with Gasteiger partial charge in [-0.1, -0.05) is 30.3 Å². The molecule has 0 N–H and O–H groups in total. The normalized spacial score (nSPS) is 15.9. The van der Waals surface area contributed by atoms with Crippen molar-refractivity contribution in [2.45, 2.75) is 25.2 Å². The SMILES string of the molecule is CCOc1ccc(S(=O)(=O)N2CCN(CCc3ccccc3)CC2)cc1OCC. The molecule has 0 aliphatic carbocycles. The lowest BCUT2D eigenvalue weighted by Crippen LogP contribution is -2.49. The minimum absolute atomic E-state index is 0.252. The molecule has 1 saturated heterocycles. The number of nitrogens with zero attached hydrogens (tertiary/aromatic N) is 2. The Morgan fingerprint density at radius 1 is 0.862 bits per heavy atom. The molecule has 6 nitrogen and oxygen atoms in total. The molecule has 158 valence electrons. The van der Waals surface area contributed by atoms with Gasteiger partial charge in [-0.05, 0) is 38.0 Å². The molecule has 1 aliphatic rings. The molecule has 7 heteroatoms. The van der Waals surface area contributed by atoms with Crippen molar-refractivity contribution in [3.63, 3.8) is 0 Å². The highest BCUT2D eigenvalue weighted by atomic mass is 32.2. The lowest BCUT2D eigenvalue weighted by atomic mass is 10.1. The van der Waals surface area contributed by atoms with Gasteiger partial charge in [0.15, 0.2) is 11.5 Å². The molecule has 0 radical (unpaired) electrons. The third kappa shape index (κ3) is 5.50. The Balaban J connectivity index is 1.62. The molecule has 2 aromatic carbocycles. The van der Waals surface area contributed by atoms with Crippen LogP contribution in [0, 0.1) is 0 Å². The second-order valence-electron chi connectivity index (χ2n) is 6.96. The third-order valence-corrected chi connectivity index (χ3v) is 6.94. The predicted molar refractivity (Wildman–Crippen MR) is 114 cm³/mol. The molecular weight excluding hydrogens is 388 g/mol. The first-order valence-electron chi connectivity index (χ1n) is 10.2. The number of hydrogen-bond donors (Lipinski definition) is 0. The summed E-state index contributed by atoms with van der Waals surface area (Å²) >= 11 is 0. The molecule has 3 rings (SSSR count). The molecule has 0 aromatic heterocycles. The molecule has 1 aliphatic heterocycles. The van der Waals surface area contributed by atoms with Crippen LogP contribution in [-0.4, -0.2) is 63.6 Å². The van der Waals surface area contributed by atoms with Crippen LogP contribution in [-0.2, 0) is 16.4 Å². The first-order chi connectivity index (χ1) is 14.0. The molecular formula is C22H30N2O4S. The molecule has 0 bridgehead atoms. The molecule has 0 atom stereocenters. The van der Waals surface area contributed by atoms with Crippen LogP contribution in [0.4, 0.5) is 0 Å². The Bertz CT molecular complexity index is 879. The fourth-order valence-corrected chi connectivity index (χ4v) is 4.90. The molecule has 1 fully saturated rings. The van der Waals surface area contributed by atoms with Gasteiger partial charge in [-0.15, -0.1) is 0 Å². The van der Waals surface area contributed by atoms with Crippen LogP contribution in [0.15, 0.2) is 53.4 Å². The van der Waals surface area contributed by atoms with E-state index in [1.165, 1.54) is 5.56 Å². The second-order valence-corrected chi connectivity index (χ2v) is 8.89. The summed E-state index contributed by atoms with van der Waals surface area (Å²) in [5.74, 6) is 1.04. The first kappa shape index (κ1) is 21.6. The van der Waals surface area contributed by atoms with Crippen LogP contribution in [0.25, 0.3) is 0 Å². The zero-order valence-corrected chi connectivity index (χ0v) is 18.0. The maximum Gasteiger partial charge on any atom is 0.243 e. The van der Waals surface area contributed by atoms with Crippen LogP contribution in [0.3, 0.4) is 0 Å². The van der Waals surface area contributed by atoms with Crippen LogP contribution < -0.4 is 9.47 Å². The molecule has 0 amide bonds. The maximum absolute atomic E-state index is 13.1. The van der Waals surface area contributed by atoms with Crippen molar-refractivity contribution in [2.24, 2.45) is 0 Å². The summed E-state index contributed by atoms with van der Waals surface area (Å²) in [7, 11) is -3.55. The highest BCUT2D eigenvalue weighted by Gasteiger charge is 2.29. The van der Waals surface area contributed by atoms with Crippen molar-refractivity contribution in [1.29, 1.82) is 0 Å². The van der Waals surface area contributed by atoms with E-state index in [1.807, 2.05) is 32.0 Å². The zero-order chi connectivity index (χ0) is 20.7. The van der Waals surface area contributed by atoms with E-state index < -0.39 is 10.0 Å². The smallest absolute Gasteiger partial charge is 0.243 e. The van der Waals surface area contributed by atoms with Gasteiger partial charge in [0.05, 0.1) is 18.1 Å². The standard InChI is InChI=1S/C22H30N2O4S/c1-3-27-21-11-10-20(18-22(21)28-4-2)29(25,26)24-16-14-23(15-17-24)13-12-19-8-6-5-7-9-19/h5-11,18H,3-4,12-17H2,1-2H3. The molecule has 0 unspecified atom stereocenters. The molecule has 29 heavy (non-hydrogen) atoms. The average molecular weight is 419 g/mol. The van der Waals surface area contributed by atoms with Crippen molar-refractivity contribution in [3.8, 4) is 11.5 Å². The second kappa shape index (κ2) is 10.1. The lowest BCUT2D eigenvalue weighted by Gasteiger charge is -2.34. The van der Waals surface area contributed by atoms with Crippen molar-refractivity contribution in [1.82, 2.24) is 9.21 Å². The molecule has 1 heterocycles. The number of benzene rings is 2. The summed E-state index contributed by atoms with van der Waals surface area (Å²) in [6, 6.07) is 15.2. The van der Waals surface area contributed by atoms with Gasteiger partial charge in [0.2, 0.25) is 10.0 Å². The predicted octanol–water partition coefficient (Wildman–Crippen LogP) is 3.03. The Morgan fingerprint density at radius 2 is 1.52 bits per heavy atom. The number of piperazine rings is 1. The van der Waals surface area contributed by atoms with Crippen LogP contribution in [0.5, 0.6) is 11.5 Å². The van der Waals surface area contributed by atoms with Crippen LogP contribution >= 0.6 is 0 Å². The number of rotatable bonds is 9. The minimum atomic E-state index is -3.55.